The van der Waals surface area contributed by atoms with Gasteiger partial charge in [0.2, 0.25) is 10.1 Å². The fourth-order valence-corrected chi connectivity index (χ4v) is 3.57. The van der Waals surface area contributed by atoms with Crippen LogP contribution in [0.15, 0.2) is 55.0 Å². The van der Waals surface area contributed by atoms with Gasteiger partial charge in [-0.05, 0) is 31.2 Å². The Labute approximate surface area is 148 Å². The molecule has 0 saturated carbocycles. The van der Waals surface area contributed by atoms with Crippen molar-refractivity contribution in [1.82, 2.24) is 19.6 Å². The summed E-state index contributed by atoms with van der Waals surface area (Å²) in [4.78, 5) is 11.7. The Morgan fingerprint density at radius 3 is 2.56 bits per heavy atom. The molecule has 0 spiro atoms. The van der Waals surface area contributed by atoms with E-state index < -0.39 is 0 Å². The second-order valence-electron chi connectivity index (χ2n) is 5.38. The van der Waals surface area contributed by atoms with E-state index in [0.29, 0.717) is 5.56 Å². The molecule has 6 nitrogen and oxygen atoms in total. The number of hydrogen-bond donors (Lipinski definition) is 0. The van der Waals surface area contributed by atoms with Gasteiger partial charge in [0.25, 0.3) is 0 Å². The molecule has 1 aromatic carbocycles. The third kappa shape index (κ3) is 2.84. The molecular formula is C18H14N6S. The molecule has 3 heterocycles. The van der Waals surface area contributed by atoms with Gasteiger partial charge < -0.3 is 4.90 Å². The van der Waals surface area contributed by atoms with Gasteiger partial charge in [-0.25, -0.2) is 9.50 Å². The molecule has 0 unspecified atom stereocenters. The molecule has 0 N–H and O–H groups in total. The predicted octanol–water partition coefficient (Wildman–Crippen LogP) is 3.88. The predicted molar refractivity (Wildman–Crippen MR) is 97.9 cm³/mol. The van der Waals surface area contributed by atoms with Crippen LogP contribution in [-0.4, -0.2) is 26.1 Å². The maximum atomic E-state index is 8.89. The van der Waals surface area contributed by atoms with E-state index in [1.165, 1.54) is 0 Å². The number of aromatic nitrogens is 4. The number of anilines is 2. The topological polar surface area (TPSA) is 70.1 Å². The van der Waals surface area contributed by atoms with Crippen molar-refractivity contribution in [3.05, 3.63) is 60.6 Å². The largest absolute Gasteiger partial charge is 0.317 e. The van der Waals surface area contributed by atoms with Crippen LogP contribution >= 0.6 is 11.3 Å². The van der Waals surface area contributed by atoms with Gasteiger partial charge >= 0.3 is 0 Å². The molecule has 0 atom stereocenters. The first-order chi connectivity index (χ1) is 12.3. The van der Waals surface area contributed by atoms with E-state index in [4.69, 9.17) is 5.26 Å². The average Bonchev–Trinajstić information content (AvgIpc) is 3.22. The van der Waals surface area contributed by atoms with Gasteiger partial charge in [0.15, 0.2) is 0 Å². The van der Waals surface area contributed by atoms with Crippen LogP contribution in [0.1, 0.15) is 12.5 Å². The quantitative estimate of drug-likeness (QED) is 0.561. The lowest BCUT2D eigenvalue weighted by molar-refractivity contribution is 0.921. The van der Waals surface area contributed by atoms with Crippen molar-refractivity contribution < 1.29 is 0 Å². The van der Waals surface area contributed by atoms with Crippen LogP contribution in [-0.2, 0) is 0 Å². The summed E-state index contributed by atoms with van der Waals surface area (Å²) in [5.74, 6) is 0. The summed E-state index contributed by atoms with van der Waals surface area (Å²) in [6, 6.07) is 13.5. The second-order valence-corrected chi connectivity index (χ2v) is 6.31. The fourth-order valence-electron chi connectivity index (χ4n) is 2.61. The Hall–Kier alpha value is -3.24. The minimum atomic E-state index is 0.640. The van der Waals surface area contributed by atoms with Crippen LogP contribution in [0.3, 0.4) is 0 Å². The van der Waals surface area contributed by atoms with E-state index in [1.54, 1.807) is 40.4 Å². The molecule has 7 heteroatoms. The lowest BCUT2D eigenvalue weighted by Crippen LogP contribution is -2.15. The smallest absolute Gasteiger partial charge is 0.214 e. The normalized spacial score (nSPS) is 10.7. The third-order valence-electron chi connectivity index (χ3n) is 3.86. The lowest BCUT2D eigenvalue weighted by Gasteiger charge is -2.18. The highest BCUT2D eigenvalue weighted by Crippen LogP contribution is 2.30. The van der Waals surface area contributed by atoms with E-state index in [0.717, 1.165) is 33.6 Å². The van der Waals surface area contributed by atoms with Gasteiger partial charge in [-0.3, -0.25) is 4.98 Å². The first kappa shape index (κ1) is 15.3. The summed E-state index contributed by atoms with van der Waals surface area (Å²) in [5.41, 5.74) is 3.52. The molecule has 0 saturated heterocycles. The minimum Gasteiger partial charge on any atom is -0.317 e. The molecule has 122 valence electrons. The van der Waals surface area contributed by atoms with Gasteiger partial charge in [0.1, 0.15) is 0 Å². The van der Waals surface area contributed by atoms with Gasteiger partial charge in [0.05, 0.1) is 23.5 Å². The maximum absolute atomic E-state index is 8.89. The summed E-state index contributed by atoms with van der Waals surface area (Å²) >= 11 is 1.54. The van der Waals surface area contributed by atoms with Crippen LogP contribution in [0.4, 0.5) is 10.8 Å². The van der Waals surface area contributed by atoms with E-state index in [9.17, 15) is 0 Å². The van der Waals surface area contributed by atoms with Crippen molar-refractivity contribution in [3.8, 4) is 17.3 Å². The summed E-state index contributed by atoms with van der Waals surface area (Å²) in [6.45, 7) is 2.90. The number of nitrogens with zero attached hydrogens (tertiary/aromatic N) is 6. The number of pyridine rings is 1. The molecule has 0 bridgehead atoms. The van der Waals surface area contributed by atoms with Crippen molar-refractivity contribution >= 4 is 27.1 Å². The van der Waals surface area contributed by atoms with Crippen molar-refractivity contribution in [2.75, 3.05) is 11.4 Å². The Morgan fingerprint density at radius 2 is 1.92 bits per heavy atom. The molecule has 25 heavy (non-hydrogen) atoms. The first-order valence-corrected chi connectivity index (χ1v) is 8.64. The zero-order valence-electron chi connectivity index (χ0n) is 13.5. The van der Waals surface area contributed by atoms with Crippen LogP contribution in [0, 0.1) is 11.3 Å². The number of hydrogen-bond acceptors (Lipinski definition) is 6. The summed E-state index contributed by atoms with van der Waals surface area (Å²) in [6.07, 6.45) is 5.47. The highest BCUT2D eigenvalue weighted by molar-refractivity contribution is 7.20. The second kappa shape index (κ2) is 6.34. The summed E-state index contributed by atoms with van der Waals surface area (Å²) < 4.78 is 1.80. The Kier molecular flexibility index (Phi) is 3.88. The number of rotatable bonds is 4. The molecule has 4 rings (SSSR count). The van der Waals surface area contributed by atoms with Crippen molar-refractivity contribution in [1.29, 1.82) is 5.26 Å². The van der Waals surface area contributed by atoms with Crippen molar-refractivity contribution in [3.63, 3.8) is 0 Å². The fraction of sp³-hybridized carbons (Fsp3) is 0.111. The van der Waals surface area contributed by atoms with Crippen molar-refractivity contribution in [2.45, 2.75) is 6.92 Å². The van der Waals surface area contributed by atoms with Crippen LogP contribution in [0.25, 0.3) is 16.2 Å². The SMILES string of the molecule is CCN(c1ccncc1)c1nn2cc(-c3ccc(C#N)cc3)nc2s1. The van der Waals surface area contributed by atoms with Crippen LogP contribution in [0.5, 0.6) is 0 Å². The highest BCUT2D eigenvalue weighted by atomic mass is 32.1. The molecule has 0 aliphatic rings. The average molecular weight is 346 g/mol. The van der Waals surface area contributed by atoms with Crippen molar-refractivity contribution in [2.24, 2.45) is 0 Å². The highest BCUT2D eigenvalue weighted by Gasteiger charge is 2.15. The Morgan fingerprint density at radius 1 is 1.16 bits per heavy atom. The lowest BCUT2D eigenvalue weighted by atomic mass is 10.1. The standard InChI is InChI=1S/C18H14N6S/c1-2-23(15-7-9-20-10-8-15)18-22-24-12-16(21-17(24)25-18)14-5-3-13(11-19)4-6-14/h3-10,12H,2H2,1H3. The van der Waals surface area contributed by atoms with Gasteiger partial charge in [0, 0.05) is 30.2 Å². The molecule has 0 aliphatic heterocycles. The molecule has 0 aliphatic carbocycles. The van der Waals surface area contributed by atoms with Gasteiger partial charge in [-0.1, -0.05) is 23.5 Å². The summed E-state index contributed by atoms with van der Waals surface area (Å²) in [7, 11) is 0. The van der Waals surface area contributed by atoms with Crippen LogP contribution in [0.2, 0.25) is 0 Å². The molecule has 0 amide bonds. The van der Waals surface area contributed by atoms with E-state index >= 15 is 0 Å². The van der Waals surface area contributed by atoms with Gasteiger partial charge in [-0.2, -0.15) is 5.26 Å². The zero-order chi connectivity index (χ0) is 17.2. The van der Waals surface area contributed by atoms with E-state index in [1.807, 2.05) is 30.5 Å². The van der Waals surface area contributed by atoms with E-state index in [2.05, 4.69) is 33.0 Å². The number of imidazole rings is 1. The first-order valence-electron chi connectivity index (χ1n) is 7.83. The van der Waals surface area contributed by atoms with Gasteiger partial charge in [-0.15, -0.1) is 5.10 Å². The monoisotopic (exact) mass is 346 g/mol. The Bertz CT molecular complexity index is 1010. The molecular weight excluding hydrogens is 332 g/mol. The maximum Gasteiger partial charge on any atom is 0.214 e. The van der Waals surface area contributed by atoms with E-state index in [-0.39, 0.29) is 0 Å². The third-order valence-corrected chi connectivity index (χ3v) is 4.81. The molecule has 0 radical (unpaired) electrons. The molecule has 0 fully saturated rings. The molecule has 4 aromatic rings. The Balaban J connectivity index is 1.68. The van der Waals surface area contributed by atoms with Crippen LogP contribution < -0.4 is 4.90 Å². The molecule has 3 aromatic heterocycles. The number of benzene rings is 1. The number of nitriles is 1. The zero-order valence-corrected chi connectivity index (χ0v) is 14.3. The number of fused-ring (bicyclic) bond motifs is 1. The minimum absolute atomic E-state index is 0.640. The summed E-state index contributed by atoms with van der Waals surface area (Å²) in [5, 5.41) is 14.5.